The Balaban J connectivity index is 0.975. The summed E-state index contributed by atoms with van der Waals surface area (Å²) in [5.41, 5.74) is 15.4. The van der Waals surface area contributed by atoms with E-state index < -0.39 is 0 Å². The molecule has 1 heteroatoms. The van der Waals surface area contributed by atoms with Crippen molar-refractivity contribution in [2.24, 2.45) is 0 Å². The summed E-state index contributed by atoms with van der Waals surface area (Å²) >= 11 is 1.93. The van der Waals surface area contributed by atoms with Gasteiger partial charge in [0.05, 0.1) is 0 Å². The molecular weight excluding hydrogens is 729 g/mol. The normalized spacial score (nSPS) is 12.1. The van der Waals surface area contributed by atoms with Crippen LogP contribution < -0.4 is 0 Å². The van der Waals surface area contributed by atoms with Gasteiger partial charge in [-0.1, -0.05) is 206 Å². The maximum absolute atomic E-state index is 2.34. The van der Waals surface area contributed by atoms with Crippen LogP contribution in [-0.2, 0) is 0 Å². The highest BCUT2D eigenvalue weighted by Gasteiger charge is 2.24. The third-order valence-electron chi connectivity index (χ3n) is 12.8. The van der Waals surface area contributed by atoms with Gasteiger partial charge in [-0.25, -0.2) is 0 Å². The average molecular weight is 763 g/mol. The second kappa shape index (κ2) is 12.6. The fourth-order valence-electron chi connectivity index (χ4n) is 10.3. The lowest BCUT2D eigenvalue weighted by Gasteiger charge is -2.18. The molecule has 1 aliphatic rings. The van der Waals surface area contributed by atoms with E-state index in [1.807, 2.05) is 11.3 Å². The third kappa shape index (κ3) is 4.71. The van der Waals surface area contributed by atoms with E-state index in [1.165, 1.54) is 130 Å². The zero-order chi connectivity index (χ0) is 38.6. The average Bonchev–Trinajstić information content (AvgIpc) is 3.86. The largest absolute Gasteiger partial charge is 0.134 e. The van der Waals surface area contributed by atoms with E-state index in [4.69, 9.17) is 0 Å². The smallest absolute Gasteiger partial charge is 0.0434 e. The van der Waals surface area contributed by atoms with Gasteiger partial charge >= 0.3 is 0 Å². The molecule has 1 aliphatic carbocycles. The molecule has 12 aromatic rings. The fraction of sp³-hybridized carbons (Fsp3) is 0. The second-order valence-electron chi connectivity index (χ2n) is 15.8. The molecule has 13 rings (SSSR count). The van der Waals surface area contributed by atoms with Crippen LogP contribution in [-0.4, -0.2) is 0 Å². The van der Waals surface area contributed by atoms with Crippen LogP contribution in [0.15, 0.2) is 206 Å². The van der Waals surface area contributed by atoms with Crippen molar-refractivity contribution in [1.82, 2.24) is 0 Å². The maximum Gasteiger partial charge on any atom is 0.0434 e. The van der Waals surface area contributed by atoms with Crippen molar-refractivity contribution in [2.75, 3.05) is 0 Å². The molecule has 0 bridgehead atoms. The highest BCUT2D eigenvalue weighted by atomic mass is 32.1. The second-order valence-corrected chi connectivity index (χ2v) is 16.9. The van der Waals surface area contributed by atoms with Crippen molar-refractivity contribution in [2.45, 2.75) is 0 Å². The van der Waals surface area contributed by atoms with Gasteiger partial charge in [0.25, 0.3) is 0 Å². The molecule has 0 unspecified atom stereocenters. The molecule has 1 aromatic heterocycles. The Morgan fingerprint density at radius 3 is 1.37 bits per heavy atom. The zero-order valence-corrected chi connectivity index (χ0v) is 32.9. The van der Waals surface area contributed by atoms with Crippen molar-refractivity contribution in [1.29, 1.82) is 0 Å². The Morgan fingerprint density at radius 2 is 0.678 bits per heavy atom. The minimum absolute atomic E-state index is 1.21. The molecule has 11 aromatic carbocycles. The topological polar surface area (TPSA) is 0 Å². The van der Waals surface area contributed by atoms with E-state index in [1.54, 1.807) is 0 Å². The lowest BCUT2D eigenvalue weighted by Crippen LogP contribution is -1.91. The Hall–Kier alpha value is -7.32. The summed E-state index contributed by atoms with van der Waals surface area (Å²) in [5, 5.41) is 13.0. The van der Waals surface area contributed by atoms with Crippen LogP contribution in [0.2, 0.25) is 0 Å². The molecule has 0 spiro atoms. The predicted octanol–water partition coefficient (Wildman–Crippen LogP) is 17.0. The molecule has 0 saturated heterocycles. The summed E-state index contributed by atoms with van der Waals surface area (Å²) in [5.74, 6) is 0. The molecule has 59 heavy (non-hydrogen) atoms. The van der Waals surface area contributed by atoms with Gasteiger partial charge in [0.15, 0.2) is 0 Å². The fourth-order valence-corrected chi connectivity index (χ4v) is 11.6. The Bertz CT molecular complexity index is 3630. The van der Waals surface area contributed by atoms with Gasteiger partial charge in [-0.3, -0.25) is 0 Å². The van der Waals surface area contributed by atoms with Crippen molar-refractivity contribution in [3.05, 3.63) is 206 Å². The van der Waals surface area contributed by atoms with Gasteiger partial charge in [-0.15, -0.1) is 11.3 Å². The number of benzene rings is 11. The number of hydrogen-bond donors (Lipinski definition) is 0. The number of rotatable bonds is 4. The minimum Gasteiger partial charge on any atom is -0.134 e. The molecule has 0 atom stereocenters. The van der Waals surface area contributed by atoms with Crippen molar-refractivity contribution in [3.8, 4) is 66.8 Å². The quantitative estimate of drug-likeness (QED) is 0.157. The van der Waals surface area contributed by atoms with E-state index in [0.717, 1.165) is 0 Å². The molecule has 0 aliphatic heterocycles. The standard InChI is InChI=1S/C58H34S/c1-2-15-39-35(13-1)31-32-52-51-25-12-26-53(58(51)59-57(39)52)56-48-21-9-7-19-46(48)54(47-20-8-10-22-49(47)56)37-29-27-36(28-30-37)38-14-3-4-16-40(38)43-33-34-50-42-18-6-5-17-41(42)44-23-11-24-45(43)55(44)50/h1-34H. The molecule has 0 fully saturated rings. The van der Waals surface area contributed by atoms with Crippen LogP contribution in [0, 0.1) is 0 Å². The summed E-state index contributed by atoms with van der Waals surface area (Å²) in [7, 11) is 0. The minimum atomic E-state index is 1.21. The molecule has 0 N–H and O–H groups in total. The molecule has 0 nitrogen and oxygen atoms in total. The predicted molar refractivity (Wildman–Crippen MR) is 256 cm³/mol. The Morgan fingerprint density at radius 1 is 0.220 bits per heavy atom. The molecule has 272 valence electrons. The highest BCUT2D eigenvalue weighted by molar-refractivity contribution is 7.27. The van der Waals surface area contributed by atoms with Crippen LogP contribution in [0.3, 0.4) is 0 Å². The van der Waals surface area contributed by atoms with Gasteiger partial charge in [0, 0.05) is 25.7 Å². The summed E-state index contributed by atoms with van der Waals surface area (Å²) in [4.78, 5) is 0. The van der Waals surface area contributed by atoms with Gasteiger partial charge < -0.3 is 0 Å². The molecule has 0 radical (unpaired) electrons. The van der Waals surface area contributed by atoms with E-state index in [9.17, 15) is 0 Å². The molecule has 0 saturated carbocycles. The van der Waals surface area contributed by atoms with Crippen molar-refractivity contribution < 1.29 is 0 Å². The molecular formula is C58H34S. The first-order valence-electron chi connectivity index (χ1n) is 20.4. The van der Waals surface area contributed by atoms with Crippen molar-refractivity contribution in [3.63, 3.8) is 0 Å². The van der Waals surface area contributed by atoms with Gasteiger partial charge in [-0.2, -0.15) is 0 Å². The van der Waals surface area contributed by atoms with Crippen LogP contribution in [0.5, 0.6) is 0 Å². The van der Waals surface area contributed by atoms with Crippen LogP contribution in [0.1, 0.15) is 0 Å². The first kappa shape index (κ1) is 32.7. The lowest BCUT2D eigenvalue weighted by molar-refractivity contribution is 1.59. The van der Waals surface area contributed by atoms with Crippen molar-refractivity contribution >= 4 is 74.6 Å². The third-order valence-corrected chi connectivity index (χ3v) is 14.1. The Labute approximate surface area is 345 Å². The van der Waals surface area contributed by atoms with E-state index in [2.05, 4.69) is 206 Å². The maximum atomic E-state index is 2.34. The zero-order valence-electron chi connectivity index (χ0n) is 32.0. The van der Waals surface area contributed by atoms with E-state index in [0.29, 0.717) is 0 Å². The first-order chi connectivity index (χ1) is 29.3. The number of fused-ring (bicyclic) bond motifs is 10. The molecule has 0 amide bonds. The van der Waals surface area contributed by atoms with Gasteiger partial charge in [-0.05, 0) is 104 Å². The summed E-state index contributed by atoms with van der Waals surface area (Å²) in [6.07, 6.45) is 0. The van der Waals surface area contributed by atoms with E-state index >= 15 is 0 Å². The number of thiophene rings is 1. The first-order valence-corrected chi connectivity index (χ1v) is 21.2. The highest BCUT2D eigenvalue weighted by Crippen LogP contribution is 2.51. The van der Waals surface area contributed by atoms with Gasteiger partial charge in [0.2, 0.25) is 0 Å². The van der Waals surface area contributed by atoms with Gasteiger partial charge in [0.1, 0.15) is 0 Å². The number of hydrogen-bond acceptors (Lipinski definition) is 1. The lowest BCUT2D eigenvalue weighted by atomic mass is 9.85. The summed E-state index contributed by atoms with van der Waals surface area (Å²) < 4.78 is 2.70. The van der Waals surface area contributed by atoms with Crippen LogP contribution in [0.25, 0.3) is 130 Å². The van der Waals surface area contributed by atoms with Crippen LogP contribution in [0.4, 0.5) is 0 Å². The van der Waals surface area contributed by atoms with Crippen LogP contribution >= 0.6 is 11.3 Å². The Kier molecular flexibility index (Phi) is 6.98. The summed E-state index contributed by atoms with van der Waals surface area (Å²) in [6, 6.07) is 76.8. The SMILES string of the molecule is c1ccc(-c2ccc3c4c(cccc24)-c2ccccc2-3)c(-c2ccc(-c3c4ccccc4c(-c4cccc5c4sc4c6ccccc6ccc54)c4ccccc34)cc2)c1. The van der Waals surface area contributed by atoms with E-state index in [-0.39, 0.29) is 0 Å². The monoisotopic (exact) mass is 762 g/mol. The molecule has 1 heterocycles. The summed E-state index contributed by atoms with van der Waals surface area (Å²) in [6.45, 7) is 0.